The number of hydrogen-bond acceptors (Lipinski definition) is 1. The minimum Gasteiger partial charge on any atom is -0.353 e. The van der Waals surface area contributed by atoms with Crippen LogP contribution in [-0.4, -0.2) is 11.9 Å². The van der Waals surface area contributed by atoms with Gasteiger partial charge < -0.3 is 5.32 Å². The Hall–Kier alpha value is -0.530. The molecule has 14 heavy (non-hydrogen) atoms. The third-order valence-electron chi connectivity index (χ3n) is 2.12. The van der Waals surface area contributed by atoms with Crippen LogP contribution in [0.15, 0.2) is 0 Å². The molecule has 0 saturated carbocycles. The van der Waals surface area contributed by atoms with Gasteiger partial charge in [-0.15, -0.1) is 0 Å². The molecule has 0 aromatic rings. The van der Waals surface area contributed by atoms with Crippen molar-refractivity contribution >= 4 is 5.91 Å². The summed E-state index contributed by atoms with van der Waals surface area (Å²) >= 11 is 0. The first-order valence-corrected chi connectivity index (χ1v) is 5.77. The number of rotatable bonds is 7. The lowest BCUT2D eigenvalue weighted by molar-refractivity contribution is -0.120. The van der Waals surface area contributed by atoms with Crippen molar-refractivity contribution in [3.05, 3.63) is 5.92 Å². The fraction of sp³-hybridized carbons (Fsp3) is 0.833. The normalized spacial score (nSPS) is 11.0. The van der Waals surface area contributed by atoms with E-state index < -0.39 is 0 Å². The second-order valence-electron chi connectivity index (χ2n) is 4.09. The third-order valence-corrected chi connectivity index (χ3v) is 2.12. The summed E-state index contributed by atoms with van der Waals surface area (Å²) in [5.74, 6) is 1.23. The lowest BCUT2D eigenvalue weighted by Crippen LogP contribution is -2.34. The molecule has 0 aliphatic heterocycles. The minimum atomic E-state index is 0.162. The second-order valence-corrected chi connectivity index (χ2v) is 4.09. The molecule has 0 bridgehead atoms. The van der Waals surface area contributed by atoms with E-state index in [9.17, 15) is 4.79 Å². The van der Waals surface area contributed by atoms with Crippen LogP contribution in [0.3, 0.4) is 0 Å². The van der Waals surface area contributed by atoms with Crippen molar-refractivity contribution in [1.82, 2.24) is 5.32 Å². The monoisotopic (exact) mass is 198 g/mol. The standard InChI is InChI=1S/C12H24NO/c1-5-7-9-11(8-6-2)12(14)13-10(3)4/h10H,5-9H2,1-4H3,(H,13,14). The molecule has 2 nitrogen and oxygen atoms in total. The molecule has 1 amide bonds. The van der Waals surface area contributed by atoms with E-state index in [1.807, 2.05) is 13.8 Å². The summed E-state index contributed by atoms with van der Waals surface area (Å²) in [6.07, 6.45) is 5.25. The number of nitrogens with one attached hydrogen (secondary N) is 1. The van der Waals surface area contributed by atoms with E-state index in [0.29, 0.717) is 0 Å². The van der Waals surface area contributed by atoms with E-state index in [0.717, 1.165) is 38.0 Å². The zero-order valence-electron chi connectivity index (χ0n) is 10.0. The van der Waals surface area contributed by atoms with Crippen LogP contribution in [0.4, 0.5) is 0 Å². The lowest BCUT2D eigenvalue weighted by atomic mass is 9.96. The van der Waals surface area contributed by atoms with Gasteiger partial charge in [0.05, 0.1) is 5.92 Å². The molecule has 0 atom stereocenters. The van der Waals surface area contributed by atoms with Gasteiger partial charge in [0.25, 0.3) is 0 Å². The highest BCUT2D eigenvalue weighted by atomic mass is 16.1. The maximum atomic E-state index is 11.7. The van der Waals surface area contributed by atoms with E-state index in [-0.39, 0.29) is 11.9 Å². The zero-order valence-corrected chi connectivity index (χ0v) is 10.0. The van der Waals surface area contributed by atoms with Crippen molar-refractivity contribution in [2.24, 2.45) is 0 Å². The quantitative estimate of drug-likeness (QED) is 0.669. The van der Waals surface area contributed by atoms with Crippen molar-refractivity contribution in [1.29, 1.82) is 0 Å². The maximum absolute atomic E-state index is 11.7. The Morgan fingerprint density at radius 3 is 2.21 bits per heavy atom. The molecule has 1 radical (unpaired) electrons. The molecular formula is C12H24NO. The SMILES string of the molecule is CCCC[C](CCC)C(=O)NC(C)C. The Balaban J connectivity index is 3.97. The average Bonchev–Trinajstić information content (AvgIpc) is 2.10. The molecule has 0 fully saturated rings. The van der Waals surface area contributed by atoms with Crippen LogP contribution in [-0.2, 0) is 4.79 Å². The molecule has 0 aromatic heterocycles. The van der Waals surface area contributed by atoms with Gasteiger partial charge in [0.1, 0.15) is 0 Å². The molecule has 0 aliphatic carbocycles. The fourth-order valence-corrected chi connectivity index (χ4v) is 1.41. The van der Waals surface area contributed by atoms with Crippen LogP contribution in [0.5, 0.6) is 0 Å². The van der Waals surface area contributed by atoms with Gasteiger partial charge in [-0.05, 0) is 26.7 Å². The minimum absolute atomic E-state index is 0.162. The zero-order chi connectivity index (χ0) is 11.0. The third kappa shape index (κ3) is 6.01. The molecule has 2 heteroatoms. The van der Waals surface area contributed by atoms with Gasteiger partial charge >= 0.3 is 0 Å². The van der Waals surface area contributed by atoms with Gasteiger partial charge in [0.15, 0.2) is 0 Å². The fourth-order valence-electron chi connectivity index (χ4n) is 1.41. The summed E-state index contributed by atoms with van der Waals surface area (Å²) < 4.78 is 0. The maximum Gasteiger partial charge on any atom is 0.227 e. The number of carbonyl (C=O) groups excluding carboxylic acids is 1. The summed E-state index contributed by atoms with van der Waals surface area (Å²) in [6.45, 7) is 8.28. The van der Waals surface area contributed by atoms with Gasteiger partial charge in [0.2, 0.25) is 5.91 Å². The molecule has 0 aromatic carbocycles. The predicted molar refractivity (Wildman–Crippen MR) is 61.0 cm³/mol. The van der Waals surface area contributed by atoms with E-state index in [1.165, 1.54) is 0 Å². The van der Waals surface area contributed by atoms with Gasteiger partial charge in [-0.1, -0.05) is 33.1 Å². The van der Waals surface area contributed by atoms with Gasteiger partial charge in [-0.25, -0.2) is 0 Å². The highest BCUT2D eigenvalue weighted by molar-refractivity contribution is 5.89. The molecule has 0 heterocycles. The Kier molecular flexibility index (Phi) is 7.54. The van der Waals surface area contributed by atoms with Crippen LogP contribution >= 0.6 is 0 Å². The van der Waals surface area contributed by atoms with Crippen LogP contribution < -0.4 is 5.32 Å². The van der Waals surface area contributed by atoms with E-state index in [1.54, 1.807) is 0 Å². The van der Waals surface area contributed by atoms with Gasteiger partial charge in [0, 0.05) is 6.04 Å². The first-order valence-electron chi connectivity index (χ1n) is 5.77. The van der Waals surface area contributed by atoms with Gasteiger partial charge in [-0.3, -0.25) is 4.79 Å². The Morgan fingerprint density at radius 2 is 1.79 bits per heavy atom. The van der Waals surface area contributed by atoms with Crippen molar-refractivity contribution < 1.29 is 4.79 Å². The summed E-state index contributed by atoms with van der Waals surface area (Å²) in [6, 6.07) is 0.246. The van der Waals surface area contributed by atoms with Gasteiger partial charge in [-0.2, -0.15) is 0 Å². The molecule has 0 aliphatic rings. The highest BCUT2D eigenvalue weighted by Crippen LogP contribution is 2.17. The van der Waals surface area contributed by atoms with Crippen molar-refractivity contribution in [3.63, 3.8) is 0 Å². The summed E-state index contributed by atoms with van der Waals surface area (Å²) in [4.78, 5) is 11.7. The number of unbranched alkanes of at least 4 members (excludes halogenated alkanes) is 1. The Labute approximate surface area is 88.5 Å². The first kappa shape index (κ1) is 13.5. The molecular weight excluding hydrogens is 174 g/mol. The molecule has 1 N–H and O–H groups in total. The van der Waals surface area contributed by atoms with Crippen LogP contribution in [0, 0.1) is 5.92 Å². The van der Waals surface area contributed by atoms with Crippen molar-refractivity contribution in [2.75, 3.05) is 0 Å². The van der Waals surface area contributed by atoms with Crippen LogP contribution in [0.1, 0.15) is 59.8 Å². The first-order chi connectivity index (χ1) is 6.61. The summed E-state index contributed by atoms with van der Waals surface area (Å²) in [5, 5.41) is 2.96. The Bertz CT molecular complexity index is 154. The van der Waals surface area contributed by atoms with Crippen LogP contribution in [0.2, 0.25) is 0 Å². The van der Waals surface area contributed by atoms with Crippen LogP contribution in [0.25, 0.3) is 0 Å². The van der Waals surface area contributed by atoms with E-state index >= 15 is 0 Å². The lowest BCUT2D eigenvalue weighted by Gasteiger charge is -2.16. The number of carbonyl (C=O) groups is 1. The number of hydrogen-bond donors (Lipinski definition) is 1. The van der Waals surface area contributed by atoms with Crippen molar-refractivity contribution in [2.45, 2.75) is 65.8 Å². The largest absolute Gasteiger partial charge is 0.353 e. The van der Waals surface area contributed by atoms with E-state index in [4.69, 9.17) is 0 Å². The molecule has 0 unspecified atom stereocenters. The Morgan fingerprint density at radius 1 is 1.14 bits per heavy atom. The topological polar surface area (TPSA) is 29.1 Å². The predicted octanol–water partition coefficient (Wildman–Crippen LogP) is 3.08. The molecule has 0 spiro atoms. The summed E-state index contributed by atoms with van der Waals surface area (Å²) in [5.41, 5.74) is 0. The highest BCUT2D eigenvalue weighted by Gasteiger charge is 2.17. The second kappa shape index (κ2) is 7.84. The summed E-state index contributed by atoms with van der Waals surface area (Å²) in [7, 11) is 0. The smallest absolute Gasteiger partial charge is 0.227 e. The number of amides is 1. The van der Waals surface area contributed by atoms with E-state index in [2.05, 4.69) is 19.2 Å². The average molecular weight is 198 g/mol. The molecule has 0 rings (SSSR count). The van der Waals surface area contributed by atoms with Crippen molar-refractivity contribution in [3.8, 4) is 0 Å². The molecule has 83 valence electrons. The molecule has 0 saturated heterocycles.